The Kier molecular flexibility index (Phi) is 6.38. The quantitative estimate of drug-likeness (QED) is 0.436. The number of carbonyl (C=O) groups is 1. The van der Waals surface area contributed by atoms with Gasteiger partial charge in [-0.1, -0.05) is 36.4 Å². The van der Waals surface area contributed by atoms with Crippen molar-refractivity contribution in [1.82, 2.24) is 19.7 Å². The van der Waals surface area contributed by atoms with Crippen LogP contribution in [0.5, 0.6) is 5.75 Å². The van der Waals surface area contributed by atoms with Gasteiger partial charge in [-0.15, -0.1) is 0 Å². The zero-order valence-corrected chi connectivity index (χ0v) is 17.4. The summed E-state index contributed by atoms with van der Waals surface area (Å²) in [5.74, 6) is 0.667. The van der Waals surface area contributed by atoms with Crippen LogP contribution < -0.4 is 4.74 Å². The van der Waals surface area contributed by atoms with Crippen LogP contribution in [0.3, 0.4) is 0 Å². The molecule has 0 bridgehead atoms. The Bertz CT molecular complexity index is 1110. The van der Waals surface area contributed by atoms with E-state index in [1.807, 2.05) is 59.5 Å². The van der Waals surface area contributed by atoms with Gasteiger partial charge in [0.2, 0.25) is 0 Å². The molecular weight excluding hydrogens is 388 g/mol. The molecule has 0 aliphatic heterocycles. The van der Waals surface area contributed by atoms with Crippen molar-refractivity contribution < 1.29 is 9.53 Å². The molecule has 0 radical (unpaired) electrons. The van der Waals surface area contributed by atoms with E-state index >= 15 is 0 Å². The number of ether oxygens (including phenoxy) is 1. The molecule has 0 aliphatic rings. The minimum absolute atomic E-state index is 0.0466. The minimum atomic E-state index is -0.0466. The van der Waals surface area contributed by atoms with Gasteiger partial charge in [0.15, 0.2) is 0 Å². The molecule has 0 saturated heterocycles. The highest BCUT2D eigenvalue weighted by Gasteiger charge is 2.13. The molecule has 2 heterocycles. The number of aromatic nitrogens is 3. The number of hydrogen-bond donors (Lipinski definition) is 0. The molecular formula is C25H24N4O2. The molecule has 0 spiro atoms. The molecule has 0 unspecified atom stereocenters. The molecule has 31 heavy (non-hydrogen) atoms. The topological polar surface area (TPSA) is 60.2 Å². The average molecular weight is 412 g/mol. The van der Waals surface area contributed by atoms with Crippen molar-refractivity contribution in [2.45, 2.75) is 19.7 Å². The molecule has 4 aromatic rings. The highest BCUT2D eigenvalue weighted by molar-refractivity contribution is 5.94. The summed E-state index contributed by atoms with van der Waals surface area (Å²) < 4.78 is 7.64. The van der Waals surface area contributed by atoms with E-state index in [9.17, 15) is 4.79 Å². The molecule has 0 saturated carbocycles. The average Bonchev–Trinajstić information content (AvgIpc) is 3.25. The predicted molar refractivity (Wildman–Crippen MR) is 119 cm³/mol. The molecule has 0 atom stereocenters. The Morgan fingerprint density at radius 3 is 2.45 bits per heavy atom. The first-order chi connectivity index (χ1) is 15.2. The first-order valence-electron chi connectivity index (χ1n) is 10.1. The summed E-state index contributed by atoms with van der Waals surface area (Å²) in [6.45, 7) is 1.64. The molecule has 156 valence electrons. The fraction of sp³-hybridized carbons (Fsp3) is 0.160. The highest BCUT2D eigenvalue weighted by atomic mass is 16.5. The largest absolute Gasteiger partial charge is 0.489 e. The summed E-state index contributed by atoms with van der Waals surface area (Å²) in [5.41, 5.74) is 3.79. The number of pyridine rings is 1. The summed E-state index contributed by atoms with van der Waals surface area (Å²) in [4.78, 5) is 18.6. The van der Waals surface area contributed by atoms with Crippen LogP contribution in [-0.4, -0.2) is 32.6 Å². The Morgan fingerprint density at radius 2 is 1.71 bits per heavy atom. The molecule has 2 aromatic heterocycles. The fourth-order valence-corrected chi connectivity index (χ4v) is 3.25. The second-order valence-electron chi connectivity index (χ2n) is 7.37. The second-order valence-corrected chi connectivity index (χ2v) is 7.37. The number of rotatable bonds is 8. The number of benzene rings is 2. The van der Waals surface area contributed by atoms with Crippen molar-refractivity contribution in [3.63, 3.8) is 0 Å². The maximum atomic E-state index is 12.8. The molecule has 6 heteroatoms. The van der Waals surface area contributed by atoms with E-state index < -0.39 is 0 Å². The van der Waals surface area contributed by atoms with Crippen molar-refractivity contribution in [1.29, 1.82) is 0 Å². The van der Waals surface area contributed by atoms with E-state index in [0.29, 0.717) is 31.0 Å². The van der Waals surface area contributed by atoms with E-state index in [2.05, 4.69) is 22.2 Å². The lowest BCUT2D eigenvalue weighted by atomic mass is 10.2. The molecule has 0 fully saturated rings. The standard InChI is InChI=1S/C25H24N4O2/c1-28(16-22-15-27-29(18-22)17-20-6-3-2-4-7-20)25(30)23-9-11-24(12-10-23)31-19-21-8-5-13-26-14-21/h2-15,18H,16-17,19H2,1H3. The summed E-state index contributed by atoms with van der Waals surface area (Å²) in [7, 11) is 1.80. The van der Waals surface area contributed by atoms with Gasteiger partial charge in [-0.05, 0) is 35.9 Å². The Morgan fingerprint density at radius 1 is 0.935 bits per heavy atom. The van der Waals surface area contributed by atoms with Gasteiger partial charge in [0, 0.05) is 48.9 Å². The number of carbonyl (C=O) groups excluding carboxylic acids is 1. The van der Waals surface area contributed by atoms with Crippen molar-refractivity contribution in [2.24, 2.45) is 0 Å². The van der Waals surface area contributed by atoms with Gasteiger partial charge in [0.25, 0.3) is 5.91 Å². The van der Waals surface area contributed by atoms with Crippen LogP contribution in [0.4, 0.5) is 0 Å². The smallest absolute Gasteiger partial charge is 0.253 e. The third-order valence-corrected chi connectivity index (χ3v) is 4.87. The van der Waals surface area contributed by atoms with E-state index in [-0.39, 0.29) is 5.91 Å². The van der Waals surface area contributed by atoms with Crippen LogP contribution in [-0.2, 0) is 19.7 Å². The van der Waals surface area contributed by atoms with Crippen molar-refractivity contribution in [3.8, 4) is 5.75 Å². The van der Waals surface area contributed by atoms with Crippen LogP contribution in [0, 0.1) is 0 Å². The van der Waals surface area contributed by atoms with Gasteiger partial charge in [-0.2, -0.15) is 5.10 Å². The maximum Gasteiger partial charge on any atom is 0.253 e. The van der Waals surface area contributed by atoms with Gasteiger partial charge in [-0.3, -0.25) is 14.5 Å². The lowest BCUT2D eigenvalue weighted by molar-refractivity contribution is 0.0785. The highest BCUT2D eigenvalue weighted by Crippen LogP contribution is 2.16. The third-order valence-electron chi connectivity index (χ3n) is 4.87. The van der Waals surface area contributed by atoms with E-state index in [4.69, 9.17) is 4.74 Å². The first-order valence-corrected chi connectivity index (χ1v) is 10.1. The summed E-state index contributed by atoms with van der Waals surface area (Å²) in [5, 5.41) is 4.41. The molecule has 1 amide bonds. The van der Waals surface area contributed by atoms with Gasteiger partial charge in [0.05, 0.1) is 12.7 Å². The van der Waals surface area contributed by atoms with Gasteiger partial charge in [0.1, 0.15) is 12.4 Å². The zero-order chi connectivity index (χ0) is 21.5. The molecule has 0 aliphatic carbocycles. The summed E-state index contributed by atoms with van der Waals surface area (Å²) in [6, 6.07) is 21.2. The van der Waals surface area contributed by atoms with Crippen molar-refractivity contribution >= 4 is 5.91 Å². The lowest BCUT2D eigenvalue weighted by Crippen LogP contribution is -2.26. The fourth-order valence-electron chi connectivity index (χ4n) is 3.25. The van der Waals surface area contributed by atoms with E-state index in [1.165, 1.54) is 5.56 Å². The number of amides is 1. The monoisotopic (exact) mass is 412 g/mol. The third kappa shape index (κ3) is 5.57. The van der Waals surface area contributed by atoms with Crippen molar-refractivity contribution in [3.05, 3.63) is 114 Å². The summed E-state index contributed by atoms with van der Waals surface area (Å²) in [6.07, 6.45) is 7.29. The maximum absolute atomic E-state index is 12.8. The molecule has 6 nitrogen and oxygen atoms in total. The SMILES string of the molecule is CN(Cc1cnn(Cc2ccccc2)c1)C(=O)c1ccc(OCc2cccnc2)cc1. The first kappa shape index (κ1) is 20.3. The molecule has 2 aromatic carbocycles. The van der Waals surface area contributed by atoms with Crippen LogP contribution >= 0.6 is 0 Å². The number of nitrogens with zero attached hydrogens (tertiary/aromatic N) is 4. The summed E-state index contributed by atoms with van der Waals surface area (Å²) >= 11 is 0. The Labute approximate surface area is 181 Å². The van der Waals surface area contributed by atoms with Gasteiger partial charge >= 0.3 is 0 Å². The van der Waals surface area contributed by atoms with Gasteiger partial charge in [-0.25, -0.2) is 0 Å². The van der Waals surface area contributed by atoms with Gasteiger partial charge < -0.3 is 9.64 Å². The van der Waals surface area contributed by atoms with Crippen LogP contribution in [0.2, 0.25) is 0 Å². The van der Waals surface area contributed by atoms with Crippen molar-refractivity contribution in [2.75, 3.05) is 7.05 Å². The van der Waals surface area contributed by atoms with Crippen LogP contribution in [0.1, 0.15) is 27.0 Å². The Hall–Kier alpha value is -3.93. The zero-order valence-electron chi connectivity index (χ0n) is 17.4. The Balaban J connectivity index is 1.31. The normalized spacial score (nSPS) is 10.6. The van der Waals surface area contributed by atoms with E-state index in [1.54, 1.807) is 36.5 Å². The minimum Gasteiger partial charge on any atom is -0.489 e. The second kappa shape index (κ2) is 9.71. The van der Waals surface area contributed by atoms with Crippen LogP contribution in [0.15, 0.2) is 91.5 Å². The predicted octanol–water partition coefficient (Wildman–Crippen LogP) is 4.18. The molecule has 4 rings (SSSR count). The van der Waals surface area contributed by atoms with Crippen LogP contribution in [0.25, 0.3) is 0 Å². The van der Waals surface area contributed by atoms with E-state index in [0.717, 1.165) is 11.1 Å². The lowest BCUT2D eigenvalue weighted by Gasteiger charge is -2.16. The number of hydrogen-bond acceptors (Lipinski definition) is 4. The molecule has 0 N–H and O–H groups in total.